The van der Waals surface area contributed by atoms with Crippen molar-refractivity contribution in [3.8, 4) is 0 Å². The van der Waals surface area contributed by atoms with Crippen molar-refractivity contribution in [2.24, 2.45) is 12.5 Å². The first-order chi connectivity index (χ1) is 12.6. The van der Waals surface area contributed by atoms with Crippen LogP contribution in [-0.2, 0) is 24.8 Å². The normalized spacial score (nSPS) is 20.8. The Morgan fingerprint density at radius 3 is 2.88 bits per heavy atom. The molecule has 1 aromatic carbocycles. The average Bonchev–Trinajstić information content (AvgIpc) is 3.10. The molecule has 2 aromatic rings. The molecule has 138 valence electrons. The minimum absolute atomic E-state index is 0.00167. The fraction of sp³-hybridized carbons (Fsp3) is 0.474. The lowest BCUT2D eigenvalue weighted by molar-refractivity contribution is 0.00213. The third-order valence-electron chi connectivity index (χ3n) is 5.56. The fourth-order valence-electron chi connectivity index (χ4n) is 4.23. The highest BCUT2D eigenvalue weighted by Gasteiger charge is 2.47. The Labute approximate surface area is 157 Å². The maximum Gasteiger partial charge on any atom is 0.315 e. The van der Waals surface area contributed by atoms with E-state index in [1.54, 1.807) is 17.9 Å². The number of hydrogen-bond donors (Lipinski definition) is 2. The van der Waals surface area contributed by atoms with E-state index in [-0.39, 0.29) is 17.5 Å². The standard InChI is InChI=1S/C19H23ClN4O2/c1-24-12-15(20)16(23-24)11-21-18(25)22-17-14-5-3-2-4-13(14)10-19(17)6-8-26-9-7-19/h2-5,12,17H,6-11H2,1H3,(H2,21,22,25)/t17-/m1/s1. The lowest BCUT2D eigenvalue weighted by atomic mass is 9.74. The topological polar surface area (TPSA) is 68.2 Å². The molecular formula is C19H23ClN4O2. The molecule has 0 unspecified atom stereocenters. The minimum atomic E-state index is -0.195. The number of nitrogens with one attached hydrogen (secondary N) is 2. The zero-order valence-corrected chi connectivity index (χ0v) is 15.6. The number of amides is 2. The second-order valence-electron chi connectivity index (χ2n) is 7.21. The molecule has 4 rings (SSSR count). The maximum atomic E-state index is 12.6. The van der Waals surface area contributed by atoms with E-state index < -0.39 is 0 Å². The molecule has 1 aromatic heterocycles. The van der Waals surface area contributed by atoms with Crippen LogP contribution in [0.1, 0.15) is 35.7 Å². The van der Waals surface area contributed by atoms with Crippen molar-refractivity contribution in [3.63, 3.8) is 0 Å². The van der Waals surface area contributed by atoms with E-state index in [9.17, 15) is 4.79 Å². The highest BCUT2D eigenvalue weighted by Crippen LogP contribution is 2.51. The zero-order chi connectivity index (χ0) is 18.1. The van der Waals surface area contributed by atoms with Crippen molar-refractivity contribution in [2.75, 3.05) is 13.2 Å². The number of urea groups is 1. The van der Waals surface area contributed by atoms with Gasteiger partial charge in [-0.15, -0.1) is 0 Å². The summed E-state index contributed by atoms with van der Waals surface area (Å²) in [5, 5.41) is 10.9. The van der Waals surface area contributed by atoms with Crippen molar-refractivity contribution >= 4 is 17.6 Å². The van der Waals surface area contributed by atoms with Crippen molar-refractivity contribution in [3.05, 3.63) is 52.3 Å². The summed E-state index contributed by atoms with van der Waals surface area (Å²) in [6.45, 7) is 1.80. The van der Waals surface area contributed by atoms with Gasteiger partial charge < -0.3 is 15.4 Å². The first-order valence-electron chi connectivity index (χ1n) is 8.95. The molecule has 0 radical (unpaired) electrons. The van der Waals surface area contributed by atoms with Crippen LogP contribution in [0.3, 0.4) is 0 Å². The Bertz CT molecular complexity index is 814. The van der Waals surface area contributed by atoms with Crippen molar-refractivity contribution in [1.29, 1.82) is 0 Å². The van der Waals surface area contributed by atoms with Gasteiger partial charge >= 0.3 is 6.03 Å². The summed E-state index contributed by atoms with van der Waals surface area (Å²) in [5.41, 5.74) is 3.26. The second-order valence-corrected chi connectivity index (χ2v) is 7.61. The van der Waals surface area contributed by atoms with E-state index in [4.69, 9.17) is 16.3 Å². The Morgan fingerprint density at radius 1 is 1.38 bits per heavy atom. The van der Waals surface area contributed by atoms with Crippen molar-refractivity contribution in [2.45, 2.75) is 31.8 Å². The predicted octanol–water partition coefficient (Wildman–Crippen LogP) is 2.97. The van der Waals surface area contributed by atoms with Gasteiger partial charge in [-0.2, -0.15) is 5.10 Å². The molecule has 0 saturated carbocycles. The third-order valence-corrected chi connectivity index (χ3v) is 5.87. The van der Waals surface area contributed by atoms with Gasteiger partial charge in [0.1, 0.15) is 5.69 Å². The average molecular weight is 375 g/mol. The van der Waals surface area contributed by atoms with Gasteiger partial charge in [0.15, 0.2) is 0 Å². The Hall–Kier alpha value is -2.05. The van der Waals surface area contributed by atoms with Crippen LogP contribution >= 0.6 is 11.6 Å². The molecule has 1 atom stereocenters. The van der Waals surface area contributed by atoms with E-state index in [0.29, 0.717) is 17.3 Å². The summed E-state index contributed by atoms with van der Waals surface area (Å²) < 4.78 is 7.22. The van der Waals surface area contributed by atoms with Gasteiger partial charge in [0.25, 0.3) is 0 Å². The van der Waals surface area contributed by atoms with Crippen LogP contribution in [0.25, 0.3) is 0 Å². The lowest BCUT2D eigenvalue weighted by Crippen LogP contribution is -2.45. The summed E-state index contributed by atoms with van der Waals surface area (Å²) in [6, 6.07) is 8.20. The molecule has 2 heterocycles. The van der Waals surface area contributed by atoms with Crippen LogP contribution in [-0.4, -0.2) is 29.0 Å². The van der Waals surface area contributed by atoms with Gasteiger partial charge in [0.2, 0.25) is 0 Å². The lowest BCUT2D eigenvalue weighted by Gasteiger charge is -2.39. The van der Waals surface area contributed by atoms with E-state index in [2.05, 4.69) is 33.9 Å². The quantitative estimate of drug-likeness (QED) is 0.867. The number of halogens is 1. The molecule has 2 N–H and O–H groups in total. The molecule has 1 aliphatic carbocycles. The summed E-state index contributed by atoms with van der Waals surface area (Å²) in [4.78, 5) is 12.6. The molecule has 1 spiro atoms. The van der Waals surface area contributed by atoms with E-state index >= 15 is 0 Å². The summed E-state index contributed by atoms with van der Waals surface area (Å²) in [6.07, 6.45) is 4.63. The Kier molecular flexibility index (Phi) is 4.63. The molecule has 7 heteroatoms. The molecule has 26 heavy (non-hydrogen) atoms. The first-order valence-corrected chi connectivity index (χ1v) is 9.33. The summed E-state index contributed by atoms with van der Waals surface area (Å²) in [7, 11) is 1.81. The van der Waals surface area contributed by atoms with Crippen LogP contribution in [0.15, 0.2) is 30.5 Å². The molecule has 1 fully saturated rings. The molecule has 2 amide bonds. The molecule has 2 aliphatic rings. The molecular weight excluding hydrogens is 352 g/mol. The van der Waals surface area contributed by atoms with Crippen LogP contribution in [0.4, 0.5) is 4.79 Å². The number of nitrogens with zero attached hydrogens (tertiary/aromatic N) is 2. The monoisotopic (exact) mass is 374 g/mol. The van der Waals surface area contributed by atoms with Gasteiger partial charge in [0, 0.05) is 31.9 Å². The van der Waals surface area contributed by atoms with Crippen molar-refractivity contribution in [1.82, 2.24) is 20.4 Å². The molecule has 1 saturated heterocycles. The van der Waals surface area contributed by atoms with Gasteiger partial charge in [-0.05, 0) is 30.4 Å². The zero-order valence-electron chi connectivity index (χ0n) is 14.8. The van der Waals surface area contributed by atoms with E-state index in [0.717, 1.165) is 32.5 Å². The number of carbonyl (C=O) groups excluding carboxylic acids is 1. The number of hydrogen-bond acceptors (Lipinski definition) is 3. The minimum Gasteiger partial charge on any atom is -0.381 e. The van der Waals surface area contributed by atoms with Gasteiger partial charge in [-0.1, -0.05) is 35.9 Å². The largest absolute Gasteiger partial charge is 0.381 e. The number of ether oxygens (including phenoxy) is 1. The Morgan fingerprint density at radius 2 is 2.15 bits per heavy atom. The van der Waals surface area contributed by atoms with Crippen LogP contribution in [0.2, 0.25) is 5.02 Å². The SMILES string of the molecule is Cn1cc(Cl)c(CNC(=O)N[C@@H]2c3ccccc3CC23CCOCC3)n1. The van der Waals surface area contributed by atoms with Crippen LogP contribution in [0.5, 0.6) is 0 Å². The third kappa shape index (κ3) is 3.19. The van der Waals surface area contributed by atoms with E-state index in [1.165, 1.54) is 11.1 Å². The second kappa shape index (κ2) is 6.93. The number of rotatable bonds is 3. The summed E-state index contributed by atoms with van der Waals surface area (Å²) in [5.74, 6) is 0. The number of benzene rings is 1. The smallest absolute Gasteiger partial charge is 0.315 e. The highest BCUT2D eigenvalue weighted by molar-refractivity contribution is 6.31. The number of carbonyl (C=O) groups is 1. The molecule has 0 bridgehead atoms. The predicted molar refractivity (Wildman–Crippen MR) is 99.0 cm³/mol. The number of aryl methyl sites for hydroxylation is 1. The summed E-state index contributed by atoms with van der Waals surface area (Å²) >= 11 is 6.11. The first kappa shape index (κ1) is 17.4. The highest BCUT2D eigenvalue weighted by atomic mass is 35.5. The molecule has 1 aliphatic heterocycles. The van der Waals surface area contributed by atoms with Crippen LogP contribution in [0, 0.1) is 5.41 Å². The van der Waals surface area contributed by atoms with Crippen LogP contribution < -0.4 is 10.6 Å². The number of fused-ring (bicyclic) bond motifs is 1. The number of aromatic nitrogens is 2. The maximum absolute atomic E-state index is 12.6. The van der Waals surface area contributed by atoms with E-state index in [1.807, 2.05) is 6.07 Å². The van der Waals surface area contributed by atoms with Crippen molar-refractivity contribution < 1.29 is 9.53 Å². The van der Waals surface area contributed by atoms with Gasteiger partial charge in [-0.25, -0.2) is 4.79 Å². The Balaban J connectivity index is 1.49. The molecule has 6 nitrogen and oxygen atoms in total. The fourth-order valence-corrected chi connectivity index (χ4v) is 4.48. The van der Waals surface area contributed by atoms with Gasteiger partial charge in [-0.3, -0.25) is 4.68 Å². The van der Waals surface area contributed by atoms with Gasteiger partial charge in [0.05, 0.1) is 17.6 Å².